The van der Waals surface area contributed by atoms with E-state index in [0.29, 0.717) is 12.2 Å². The quantitative estimate of drug-likeness (QED) is 0.602. The van der Waals surface area contributed by atoms with Crippen LogP contribution in [0.2, 0.25) is 0 Å². The van der Waals surface area contributed by atoms with Crippen LogP contribution >= 0.6 is 0 Å². The number of benzene rings is 2. The zero-order valence-corrected chi connectivity index (χ0v) is 15.7. The van der Waals surface area contributed by atoms with Crippen molar-refractivity contribution in [1.82, 2.24) is 0 Å². The fourth-order valence-corrected chi connectivity index (χ4v) is 3.50. The van der Waals surface area contributed by atoms with Gasteiger partial charge in [-0.15, -0.1) is 0 Å². The molecule has 2 N–H and O–H groups in total. The van der Waals surface area contributed by atoms with Crippen LogP contribution in [0.5, 0.6) is 5.75 Å². The fourth-order valence-electron chi connectivity index (χ4n) is 3.50. The standard InChI is InChI=1S/C22H27FO3/c1-14-13-15(2)21(22(26)16(14)3)19(7-5-4-6-8-20(24)25)17-9-11-18(23)12-10-17/h9-13,19,26H,4-8H2,1-3H3,(H,24,25)/t19-/m1/s1. The van der Waals surface area contributed by atoms with E-state index in [1.165, 1.54) is 12.1 Å². The third kappa shape index (κ3) is 4.84. The van der Waals surface area contributed by atoms with E-state index >= 15 is 0 Å². The molecule has 0 aromatic heterocycles. The van der Waals surface area contributed by atoms with Gasteiger partial charge in [-0.2, -0.15) is 0 Å². The molecule has 1 atom stereocenters. The maximum Gasteiger partial charge on any atom is 0.303 e. The highest BCUT2D eigenvalue weighted by Gasteiger charge is 2.22. The van der Waals surface area contributed by atoms with Crippen LogP contribution in [0.25, 0.3) is 0 Å². The highest BCUT2D eigenvalue weighted by atomic mass is 19.1. The average molecular weight is 358 g/mol. The van der Waals surface area contributed by atoms with E-state index in [1.54, 1.807) is 12.1 Å². The second-order valence-corrected chi connectivity index (χ2v) is 6.99. The summed E-state index contributed by atoms with van der Waals surface area (Å²) in [7, 11) is 0. The minimum atomic E-state index is -0.775. The normalized spacial score (nSPS) is 12.2. The summed E-state index contributed by atoms with van der Waals surface area (Å²) in [6.07, 6.45) is 3.26. The van der Waals surface area contributed by atoms with Gasteiger partial charge < -0.3 is 10.2 Å². The molecule has 3 nitrogen and oxygen atoms in total. The number of carboxylic acids is 1. The van der Waals surface area contributed by atoms with Crippen LogP contribution in [0.3, 0.4) is 0 Å². The third-order valence-corrected chi connectivity index (χ3v) is 5.06. The van der Waals surface area contributed by atoms with E-state index in [9.17, 15) is 14.3 Å². The van der Waals surface area contributed by atoms with E-state index in [1.807, 2.05) is 20.8 Å². The number of rotatable bonds is 8. The van der Waals surface area contributed by atoms with E-state index in [4.69, 9.17) is 5.11 Å². The molecular weight excluding hydrogens is 331 g/mol. The highest BCUT2D eigenvalue weighted by Crippen LogP contribution is 2.40. The molecule has 2 aromatic carbocycles. The molecule has 0 fully saturated rings. The molecule has 0 radical (unpaired) electrons. The summed E-state index contributed by atoms with van der Waals surface area (Å²) in [5.41, 5.74) is 4.78. The summed E-state index contributed by atoms with van der Waals surface area (Å²) in [5, 5.41) is 19.5. The van der Waals surface area contributed by atoms with Gasteiger partial charge in [0.05, 0.1) is 0 Å². The Bertz CT molecular complexity index is 766. The van der Waals surface area contributed by atoms with Crippen LogP contribution < -0.4 is 0 Å². The Balaban J connectivity index is 2.31. The van der Waals surface area contributed by atoms with Gasteiger partial charge in [-0.25, -0.2) is 4.39 Å². The molecule has 2 rings (SSSR count). The van der Waals surface area contributed by atoms with Gasteiger partial charge >= 0.3 is 5.97 Å². The van der Waals surface area contributed by atoms with Crippen LogP contribution in [0, 0.1) is 26.6 Å². The lowest BCUT2D eigenvalue weighted by Gasteiger charge is -2.23. The van der Waals surface area contributed by atoms with Crippen molar-refractivity contribution in [1.29, 1.82) is 0 Å². The number of phenols is 1. The number of hydrogen-bond acceptors (Lipinski definition) is 2. The monoisotopic (exact) mass is 358 g/mol. The van der Waals surface area contributed by atoms with Gasteiger partial charge in [-0.3, -0.25) is 4.79 Å². The fraction of sp³-hybridized carbons (Fsp3) is 0.409. The van der Waals surface area contributed by atoms with Crippen molar-refractivity contribution in [2.45, 2.75) is 58.8 Å². The lowest BCUT2D eigenvalue weighted by atomic mass is 9.82. The van der Waals surface area contributed by atoms with Crippen molar-refractivity contribution in [2.75, 3.05) is 0 Å². The Morgan fingerprint density at radius 2 is 1.69 bits per heavy atom. The first-order valence-corrected chi connectivity index (χ1v) is 9.08. The van der Waals surface area contributed by atoms with Crippen LogP contribution in [0.15, 0.2) is 30.3 Å². The summed E-state index contributed by atoms with van der Waals surface area (Å²) < 4.78 is 13.4. The number of aliphatic carboxylic acids is 1. The van der Waals surface area contributed by atoms with Crippen molar-refractivity contribution < 1.29 is 19.4 Å². The van der Waals surface area contributed by atoms with Crippen molar-refractivity contribution >= 4 is 5.97 Å². The number of unbranched alkanes of at least 4 members (excludes halogenated alkanes) is 2. The van der Waals surface area contributed by atoms with Gasteiger partial charge in [-0.05, 0) is 68.0 Å². The SMILES string of the molecule is Cc1cc(C)c([C@H](CCCCCC(=O)O)c2ccc(F)cc2)c(O)c1C. The molecular formula is C22H27FO3. The number of halogens is 1. The smallest absolute Gasteiger partial charge is 0.303 e. The Morgan fingerprint density at radius 1 is 1.04 bits per heavy atom. The molecule has 26 heavy (non-hydrogen) atoms. The van der Waals surface area contributed by atoms with E-state index in [-0.39, 0.29) is 18.2 Å². The molecule has 0 aliphatic rings. The summed E-state index contributed by atoms with van der Waals surface area (Å²) in [6.45, 7) is 5.87. The van der Waals surface area contributed by atoms with Gasteiger partial charge in [0.1, 0.15) is 11.6 Å². The molecule has 0 spiro atoms. The lowest BCUT2D eigenvalue weighted by molar-refractivity contribution is -0.137. The summed E-state index contributed by atoms with van der Waals surface area (Å²) in [4.78, 5) is 10.7. The van der Waals surface area contributed by atoms with Crippen molar-refractivity contribution in [3.8, 4) is 5.75 Å². The average Bonchev–Trinajstić information content (AvgIpc) is 2.58. The summed E-state index contributed by atoms with van der Waals surface area (Å²) in [6, 6.07) is 8.50. The van der Waals surface area contributed by atoms with Gasteiger partial charge in [0, 0.05) is 17.9 Å². The van der Waals surface area contributed by atoms with Crippen LogP contribution in [0.1, 0.15) is 65.8 Å². The molecule has 0 bridgehead atoms. The van der Waals surface area contributed by atoms with Gasteiger partial charge in [0.15, 0.2) is 0 Å². The second-order valence-electron chi connectivity index (χ2n) is 6.99. The van der Waals surface area contributed by atoms with E-state index < -0.39 is 5.97 Å². The molecule has 2 aromatic rings. The molecule has 0 aliphatic heterocycles. The Labute approximate surface area is 154 Å². The van der Waals surface area contributed by atoms with Gasteiger partial charge in [-0.1, -0.05) is 31.0 Å². The number of carboxylic acid groups (broad SMARTS) is 1. The predicted molar refractivity (Wildman–Crippen MR) is 101 cm³/mol. The minimum absolute atomic E-state index is 0.0419. The number of aryl methyl sites for hydroxylation is 2. The van der Waals surface area contributed by atoms with Crippen molar-refractivity contribution in [2.24, 2.45) is 0 Å². The van der Waals surface area contributed by atoms with Crippen LogP contribution in [0.4, 0.5) is 4.39 Å². The van der Waals surface area contributed by atoms with Gasteiger partial charge in [0.2, 0.25) is 0 Å². The Kier molecular flexibility index (Phi) is 6.78. The zero-order valence-electron chi connectivity index (χ0n) is 15.7. The largest absolute Gasteiger partial charge is 0.507 e. The molecule has 0 amide bonds. The number of phenolic OH excluding ortho intramolecular Hbond substituents is 1. The van der Waals surface area contributed by atoms with Gasteiger partial charge in [0.25, 0.3) is 0 Å². The topological polar surface area (TPSA) is 57.5 Å². The van der Waals surface area contributed by atoms with Crippen molar-refractivity contribution in [3.63, 3.8) is 0 Å². The molecule has 0 heterocycles. The maximum atomic E-state index is 13.4. The highest BCUT2D eigenvalue weighted by molar-refractivity contribution is 5.66. The molecule has 4 heteroatoms. The Morgan fingerprint density at radius 3 is 2.31 bits per heavy atom. The molecule has 0 aliphatic carbocycles. The number of hydrogen-bond donors (Lipinski definition) is 2. The first-order valence-electron chi connectivity index (χ1n) is 9.08. The van der Waals surface area contributed by atoms with E-state index in [0.717, 1.165) is 47.1 Å². The summed E-state index contributed by atoms with van der Waals surface area (Å²) >= 11 is 0. The maximum absolute atomic E-state index is 13.4. The van der Waals surface area contributed by atoms with Crippen LogP contribution in [-0.2, 0) is 4.79 Å². The van der Waals surface area contributed by atoms with Crippen molar-refractivity contribution in [3.05, 3.63) is 64.0 Å². The molecule has 140 valence electrons. The molecule has 0 unspecified atom stereocenters. The Hall–Kier alpha value is -2.36. The first-order chi connectivity index (χ1) is 12.3. The second kappa shape index (κ2) is 8.84. The number of carbonyl (C=O) groups is 1. The lowest BCUT2D eigenvalue weighted by Crippen LogP contribution is -2.06. The predicted octanol–water partition coefficient (Wildman–Crippen LogP) is 5.62. The van der Waals surface area contributed by atoms with Crippen LogP contribution in [-0.4, -0.2) is 16.2 Å². The van der Waals surface area contributed by atoms with E-state index in [2.05, 4.69) is 6.07 Å². The first kappa shape index (κ1) is 20.0. The molecule has 0 saturated carbocycles. The third-order valence-electron chi connectivity index (χ3n) is 5.06. The number of aromatic hydroxyl groups is 1. The minimum Gasteiger partial charge on any atom is -0.507 e. The molecule has 0 saturated heterocycles. The summed E-state index contributed by atoms with van der Waals surface area (Å²) in [5.74, 6) is -0.792. The zero-order chi connectivity index (χ0) is 19.3.